The number of carbonyl (C=O) groups excluding carboxylic acids is 1. The number of nitrogens with one attached hydrogen (secondary N) is 1. The van der Waals surface area contributed by atoms with E-state index in [1.165, 1.54) is 31.2 Å². The van der Waals surface area contributed by atoms with Gasteiger partial charge in [-0.2, -0.15) is 0 Å². The molecule has 0 aliphatic heterocycles. The molecule has 0 radical (unpaired) electrons. The summed E-state index contributed by atoms with van der Waals surface area (Å²) < 4.78 is 12.5. The normalized spacial score (nSPS) is 10.4. The lowest BCUT2D eigenvalue weighted by molar-refractivity contribution is -0.116. The van der Waals surface area contributed by atoms with Gasteiger partial charge >= 0.3 is 11.1 Å². The first-order valence-corrected chi connectivity index (χ1v) is 8.90. The van der Waals surface area contributed by atoms with Crippen molar-refractivity contribution in [3.05, 3.63) is 80.6 Å². The number of hydrogen-bond acceptors (Lipinski definition) is 5. The molecule has 0 saturated heterocycles. The Hall–Kier alpha value is -3.52. The lowest BCUT2D eigenvalue weighted by Crippen LogP contribution is -2.41. The van der Waals surface area contributed by atoms with Gasteiger partial charge in [0.1, 0.15) is 18.0 Å². The summed E-state index contributed by atoms with van der Waals surface area (Å²) in [5.41, 5.74) is -0.720. The van der Waals surface area contributed by atoms with E-state index < -0.39 is 17.0 Å². The zero-order valence-corrected chi connectivity index (χ0v) is 16.5. The first-order chi connectivity index (χ1) is 13.9. The van der Waals surface area contributed by atoms with E-state index >= 15 is 0 Å². The number of rotatable bonds is 6. The number of anilines is 1. The maximum absolute atomic E-state index is 12.4. The Morgan fingerprint density at radius 1 is 1.00 bits per heavy atom. The summed E-state index contributed by atoms with van der Waals surface area (Å²) in [7, 11) is 2.99. The van der Waals surface area contributed by atoms with Crippen LogP contribution < -0.4 is 25.9 Å². The Morgan fingerprint density at radius 2 is 1.69 bits per heavy atom. The first-order valence-electron chi connectivity index (χ1n) is 8.52. The molecule has 0 aliphatic rings. The molecule has 8 nitrogen and oxygen atoms in total. The number of benzene rings is 2. The van der Waals surface area contributed by atoms with Gasteiger partial charge in [-0.05, 0) is 18.2 Å². The van der Waals surface area contributed by atoms with Gasteiger partial charge < -0.3 is 14.8 Å². The van der Waals surface area contributed by atoms with Crippen molar-refractivity contribution in [2.24, 2.45) is 0 Å². The van der Waals surface area contributed by atoms with Gasteiger partial charge in [-0.15, -0.1) is 0 Å². The molecule has 0 aliphatic carbocycles. The van der Waals surface area contributed by atoms with Crippen molar-refractivity contribution in [1.82, 2.24) is 9.13 Å². The second-order valence-corrected chi connectivity index (χ2v) is 6.47. The molecule has 9 heteroatoms. The third kappa shape index (κ3) is 4.67. The molecular weight excluding hydrogens is 398 g/mol. The fourth-order valence-corrected chi connectivity index (χ4v) is 2.88. The molecule has 0 fully saturated rings. The second kappa shape index (κ2) is 8.66. The Balaban J connectivity index is 1.82. The first kappa shape index (κ1) is 20.2. The summed E-state index contributed by atoms with van der Waals surface area (Å²) in [6.07, 6.45) is 2.79. The van der Waals surface area contributed by atoms with Crippen LogP contribution in [0.5, 0.6) is 11.5 Å². The molecule has 1 N–H and O–H groups in total. The molecule has 0 atom stereocenters. The standard InChI is InChI=1S/C20H18ClN3O5/c1-28-16-9-14(10-17(11-16)29-2)22-18(25)12-23-6-7-24(20(27)19(23)26)15-5-3-4-13(21)8-15/h3-11H,12H2,1-2H3,(H,22,25). The largest absolute Gasteiger partial charge is 0.497 e. The van der Waals surface area contributed by atoms with Gasteiger partial charge in [-0.25, -0.2) is 0 Å². The molecule has 1 heterocycles. The van der Waals surface area contributed by atoms with Crippen molar-refractivity contribution in [2.75, 3.05) is 19.5 Å². The van der Waals surface area contributed by atoms with E-state index in [0.29, 0.717) is 27.9 Å². The lowest BCUT2D eigenvalue weighted by Gasteiger charge is -2.11. The maximum Gasteiger partial charge on any atom is 0.320 e. The number of aromatic nitrogens is 2. The highest BCUT2D eigenvalue weighted by Crippen LogP contribution is 2.25. The van der Waals surface area contributed by atoms with E-state index in [2.05, 4.69) is 5.32 Å². The van der Waals surface area contributed by atoms with Gasteiger partial charge in [0, 0.05) is 41.3 Å². The number of ether oxygens (including phenoxy) is 2. The van der Waals surface area contributed by atoms with Crippen LogP contribution in [0, 0.1) is 0 Å². The van der Waals surface area contributed by atoms with Gasteiger partial charge in [0.25, 0.3) is 0 Å². The Kier molecular flexibility index (Phi) is 6.04. The van der Waals surface area contributed by atoms with E-state index in [9.17, 15) is 14.4 Å². The molecule has 3 aromatic rings. The molecule has 1 amide bonds. The van der Waals surface area contributed by atoms with Crippen LogP contribution in [-0.2, 0) is 11.3 Å². The quantitative estimate of drug-likeness (QED) is 0.624. The van der Waals surface area contributed by atoms with Crippen LogP contribution in [0.15, 0.2) is 64.4 Å². The maximum atomic E-state index is 12.4. The molecule has 0 saturated carbocycles. The van der Waals surface area contributed by atoms with Crippen LogP contribution in [-0.4, -0.2) is 29.3 Å². The third-order valence-electron chi connectivity index (χ3n) is 4.09. The highest BCUT2D eigenvalue weighted by Gasteiger charge is 2.11. The summed E-state index contributed by atoms with van der Waals surface area (Å²) in [6, 6.07) is 11.4. The summed E-state index contributed by atoms with van der Waals surface area (Å²) in [4.78, 5) is 37.2. The average molecular weight is 416 g/mol. The predicted octanol–water partition coefficient (Wildman–Crippen LogP) is 2.31. The molecule has 3 rings (SSSR count). The van der Waals surface area contributed by atoms with Crippen molar-refractivity contribution in [2.45, 2.75) is 6.54 Å². The van der Waals surface area contributed by atoms with Gasteiger partial charge in [0.05, 0.1) is 19.9 Å². The van der Waals surface area contributed by atoms with Crippen molar-refractivity contribution < 1.29 is 14.3 Å². The highest BCUT2D eigenvalue weighted by atomic mass is 35.5. The monoisotopic (exact) mass is 415 g/mol. The number of nitrogens with zero attached hydrogens (tertiary/aromatic N) is 2. The minimum Gasteiger partial charge on any atom is -0.497 e. The Bertz CT molecular complexity index is 1150. The molecule has 1 aromatic heterocycles. The third-order valence-corrected chi connectivity index (χ3v) is 4.33. The average Bonchev–Trinajstić information content (AvgIpc) is 2.71. The molecule has 0 spiro atoms. The molecule has 2 aromatic carbocycles. The summed E-state index contributed by atoms with van der Waals surface area (Å²) >= 11 is 5.94. The fourth-order valence-electron chi connectivity index (χ4n) is 2.70. The summed E-state index contributed by atoms with van der Waals surface area (Å²) in [5, 5.41) is 3.09. The van der Waals surface area contributed by atoms with Gasteiger partial charge in [0.15, 0.2) is 0 Å². The SMILES string of the molecule is COc1cc(NC(=O)Cn2ccn(-c3cccc(Cl)c3)c(=O)c2=O)cc(OC)c1. The van der Waals surface area contributed by atoms with E-state index in [0.717, 1.165) is 4.57 Å². The number of amides is 1. The minimum atomic E-state index is -0.828. The van der Waals surface area contributed by atoms with E-state index in [1.54, 1.807) is 42.5 Å². The van der Waals surface area contributed by atoms with Crippen molar-refractivity contribution in [3.8, 4) is 17.2 Å². The van der Waals surface area contributed by atoms with Crippen molar-refractivity contribution in [1.29, 1.82) is 0 Å². The predicted molar refractivity (Wildman–Crippen MR) is 109 cm³/mol. The zero-order valence-electron chi connectivity index (χ0n) is 15.7. The minimum absolute atomic E-state index is 0.329. The second-order valence-electron chi connectivity index (χ2n) is 6.04. The number of carbonyl (C=O) groups is 1. The Morgan fingerprint density at radius 3 is 2.31 bits per heavy atom. The van der Waals surface area contributed by atoms with Crippen LogP contribution in [0.25, 0.3) is 5.69 Å². The summed E-state index contributed by atoms with van der Waals surface area (Å²) in [6.45, 7) is -0.329. The molecule has 0 unspecified atom stereocenters. The van der Waals surface area contributed by atoms with Crippen LogP contribution in [0.1, 0.15) is 0 Å². The fraction of sp³-hybridized carbons (Fsp3) is 0.150. The summed E-state index contributed by atoms with van der Waals surface area (Å²) in [5.74, 6) is 0.518. The molecule has 150 valence electrons. The topological polar surface area (TPSA) is 91.6 Å². The number of methoxy groups -OCH3 is 2. The number of halogens is 1. The van der Waals surface area contributed by atoms with Crippen LogP contribution in [0.2, 0.25) is 5.02 Å². The lowest BCUT2D eigenvalue weighted by atomic mass is 10.2. The van der Waals surface area contributed by atoms with E-state index in [-0.39, 0.29) is 6.54 Å². The van der Waals surface area contributed by atoms with E-state index in [1.807, 2.05) is 0 Å². The van der Waals surface area contributed by atoms with Crippen molar-refractivity contribution >= 4 is 23.2 Å². The van der Waals surface area contributed by atoms with Gasteiger partial charge in [-0.3, -0.25) is 23.5 Å². The molecular formula is C20H18ClN3O5. The Labute approximate surface area is 170 Å². The molecule has 0 bridgehead atoms. The zero-order chi connectivity index (χ0) is 21.0. The smallest absolute Gasteiger partial charge is 0.320 e. The molecule has 29 heavy (non-hydrogen) atoms. The highest BCUT2D eigenvalue weighted by molar-refractivity contribution is 6.30. The van der Waals surface area contributed by atoms with E-state index in [4.69, 9.17) is 21.1 Å². The van der Waals surface area contributed by atoms with Gasteiger partial charge in [0.2, 0.25) is 5.91 Å². The van der Waals surface area contributed by atoms with Crippen LogP contribution in [0.4, 0.5) is 5.69 Å². The van der Waals surface area contributed by atoms with Crippen LogP contribution >= 0.6 is 11.6 Å². The van der Waals surface area contributed by atoms with Crippen LogP contribution in [0.3, 0.4) is 0 Å². The van der Waals surface area contributed by atoms with Crippen molar-refractivity contribution in [3.63, 3.8) is 0 Å². The number of hydrogen-bond donors (Lipinski definition) is 1. The van der Waals surface area contributed by atoms with Gasteiger partial charge in [-0.1, -0.05) is 17.7 Å².